The van der Waals surface area contributed by atoms with Crippen molar-refractivity contribution < 1.29 is 24.5 Å². The van der Waals surface area contributed by atoms with Gasteiger partial charge in [-0.2, -0.15) is 0 Å². The molecule has 3 atom stereocenters. The molecule has 6 heteroatoms. The molecule has 0 bridgehead atoms. The third-order valence-corrected chi connectivity index (χ3v) is 4.39. The van der Waals surface area contributed by atoms with Gasteiger partial charge in [-0.05, 0) is 12.8 Å². The van der Waals surface area contributed by atoms with E-state index in [9.17, 15) is 19.8 Å². The topological polar surface area (TPSA) is 96.2 Å². The summed E-state index contributed by atoms with van der Waals surface area (Å²) in [5, 5.41) is 21.9. The van der Waals surface area contributed by atoms with Gasteiger partial charge >= 0.3 is 5.97 Å². The first-order valence-electron chi connectivity index (χ1n) is 7.55. The molecule has 0 saturated heterocycles. The van der Waals surface area contributed by atoms with Gasteiger partial charge in [0.2, 0.25) is 11.5 Å². The number of hydrogen-bond acceptors (Lipinski definition) is 6. The van der Waals surface area contributed by atoms with Gasteiger partial charge in [-0.3, -0.25) is 14.6 Å². The number of esters is 1. The maximum absolute atomic E-state index is 12.7. The predicted octanol–water partition coefficient (Wildman–Crippen LogP) is 1.05. The lowest BCUT2D eigenvalue weighted by atomic mass is 9.79. The van der Waals surface area contributed by atoms with E-state index in [2.05, 4.69) is 4.99 Å². The van der Waals surface area contributed by atoms with Crippen LogP contribution in [-0.2, 0) is 15.3 Å². The van der Waals surface area contributed by atoms with Gasteiger partial charge in [0.1, 0.15) is 5.92 Å². The third kappa shape index (κ3) is 1.91. The largest absolute Gasteiger partial charge is 0.465 e. The van der Waals surface area contributed by atoms with Gasteiger partial charge in [-0.25, -0.2) is 0 Å². The van der Waals surface area contributed by atoms with Crippen LogP contribution in [0.4, 0.5) is 0 Å². The van der Waals surface area contributed by atoms with E-state index >= 15 is 0 Å². The van der Waals surface area contributed by atoms with E-state index in [4.69, 9.17) is 4.74 Å². The van der Waals surface area contributed by atoms with Gasteiger partial charge in [0, 0.05) is 16.8 Å². The molecule has 0 amide bonds. The van der Waals surface area contributed by atoms with Gasteiger partial charge in [0.15, 0.2) is 5.60 Å². The number of carbonyl (C=O) groups is 2. The molecule has 1 aromatic carbocycles. The monoisotopic (exact) mass is 317 g/mol. The van der Waals surface area contributed by atoms with Crippen molar-refractivity contribution in [3.8, 4) is 0 Å². The smallest absolute Gasteiger partial charge is 0.318 e. The van der Waals surface area contributed by atoms with E-state index in [0.717, 1.165) is 0 Å². The number of carbonyl (C=O) groups excluding carboxylic acids is 2. The quantitative estimate of drug-likeness (QED) is 0.812. The zero-order valence-corrected chi connectivity index (χ0v) is 13.2. The fourth-order valence-electron chi connectivity index (χ4n) is 3.33. The van der Waals surface area contributed by atoms with E-state index < -0.39 is 29.0 Å². The number of nitrogens with zero attached hydrogens (tertiary/aromatic N) is 1. The molecular formula is C17H19NO5. The molecule has 3 rings (SSSR count). The van der Waals surface area contributed by atoms with Crippen molar-refractivity contribution in [1.29, 1.82) is 0 Å². The second-order valence-corrected chi connectivity index (χ2v) is 6.52. The van der Waals surface area contributed by atoms with Crippen molar-refractivity contribution in [3.05, 3.63) is 35.4 Å². The molecule has 2 aliphatic rings. The first-order valence-corrected chi connectivity index (χ1v) is 7.55. The molecule has 0 saturated carbocycles. The highest BCUT2D eigenvalue weighted by atomic mass is 16.5. The molecule has 122 valence electrons. The van der Waals surface area contributed by atoms with Gasteiger partial charge in [0.05, 0.1) is 6.61 Å². The van der Waals surface area contributed by atoms with Crippen LogP contribution in [0.3, 0.4) is 0 Å². The molecule has 0 spiro atoms. The Bertz CT molecular complexity index is 725. The Balaban J connectivity index is 2.06. The Kier molecular flexibility index (Phi) is 3.42. The molecule has 1 heterocycles. The average molecular weight is 317 g/mol. The van der Waals surface area contributed by atoms with Crippen molar-refractivity contribution >= 4 is 17.5 Å². The first kappa shape index (κ1) is 15.8. The van der Waals surface area contributed by atoms with E-state index in [1.54, 1.807) is 12.1 Å². The Morgan fingerprint density at radius 2 is 2.00 bits per heavy atom. The standard InChI is InChI=1S/C17H19NO5/c1-9(2)8-23-15(20)13-10(3)18-17(22)12-7-5-4-6-11(12)14(19)16(13,17)21/h4-7,9,13,21-22H,8H2,1-3H3. The van der Waals surface area contributed by atoms with Gasteiger partial charge in [-0.1, -0.05) is 38.1 Å². The SMILES string of the molecule is CC1=NC2(O)c3ccccc3C(=O)C2(O)C1C(=O)OCC(C)C. The summed E-state index contributed by atoms with van der Waals surface area (Å²) < 4.78 is 5.18. The van der Waals surface area contributed by atoms with Crippen molar-refractivity contribution in [3.63, 3.8) is 0 Å². The molecule has 0 aromatic heterocycles. The highest BCUT2D eigenvalue weighted by Crippen LogP contribution is 2.53. The molecule has 6 nitrogen and oxygen atoms in total. The summed E-state index contributed by atoms with van der Waals surface area (Å²) in [6, 6.07) is 6.31. The Morgan fingerprint density at radius 3 is 2.65 bits per heavy atom. The summed E-state index contributed by atoms with van der Waals surface area (Å²) in [4.78, 5) is 29.2. The Hall–Kier alpha value is -2.05. The lowest BCUT2D eigenvalue weighted by molar-refractivity contribution is -0.165. The Labute approximate surface area is 133 Å². The minimum Gasteiger partial charge on any atom is -0.465 e. The van der Waals surface area contributed by atoms with Crippen LogP contribution in [0.2, 0.25) is 0 Å². The van der Waals surface area contributed by atoms with Gasteiger partial charge in [-0.15, -0.1) is 0 Å². The number of rotatable bonds is 3. The van der Waals surface area contributed by atoms with E-state index in [-0.39, 0.29) is 29.4 Å². The average Bonchev–Trinajstić information content (AvgIpc) is 2.80. The number of ketones is 1. The second-order valence-electron chi connectivity index (χ2n) is 6.52. The van der Waals surface area contributed by atoms with Crippen LogP contribution >= 0.6 is 0 Å². The third-order valence-electron chi connectivity index (χ3n) is 4.39. The summed E-state index contributed by atoms with van der Waals surface area (Å²) in [6.07, 6.45) is 0. The highest BCUT2D eigenvalue weighted by Gasteiger charge is 2.72. The second kappa shape index (κ2) is 4.97. The summed E-state index contributed by atoms with van der Waals surface area (Å²) in [5.74, 6) is -2.66. The molecular weight excluding hydrogens is 298 g/mol. The number of ether oxygens (including phenoxy) is 1. The van der Waals surface area contributed by atoms with Crippen molar-refractivity contribution in [2.75, 3.05) is 6.61 Å². The van der Waals surface area contributed by atoms with Crippen LogP contribution in [0, 0.1) is 11.8 Å². The van der Waals surface area contributed by atoms with E-state index in [1.165, 1.54) is 19.1 Å². The summed E-state index contributed by atoms with van der Waals surface area (Å²) >= 11 is 0. The van der Waals surface area contributed by atoms with Crippen LogP contribution in [0.1, 0.15) is 36.7 Å². The number of Topliss-reactive ketones (excluding diaryl/α,β-unsaturated/α-hetero) is 1. The Morgan fingerprint density at radius 1 is 1.35 bits per heavy atom. The lowest BCUT2D eigenvalue weighted by Crippen LogP contribution is -2.56. The lowest BCUT2D eigenvalue weighted by Gasteiger charge is -2.32. The molecule has 1 aliphatic heterocycles. The minimum absolute atomic E-state index is 0.114. The van der Waals surface area contributed by atoms with Crippen LogP contribution < -0.4 is 0 Å². The summed E-state index contributed by atoms with van der Waals surface area (Å²) in [5.41, 5.74) is -3.92. The molecule has 2 N–H and O–H groups in total. The van der Waals surface area contributed by atoms with E-state index in [0.29, 0.717) is 0 Å². The zero-order valence-electron chi connectivity index (χ0n) is 13.2. The molecule has 0 radical (unpaired) electrons. The number of aliphatic hydroxyl groups is 2. The normalized spacial score (nSPS) is 31.8. The maximum Gasteiger partial charge on any atom is 0.318 e. The minimum atomic E-state index is -2.35. The summed E-state index contributed by atoms with van der Waals surface area (Å²) in [7, 11) is 0. The summed E-state index contributed by atoms with van der Waals surface area (Å²) in [6.45, 7) is 5.43. The van der Waals surface area contributed by atoms with Crippen LogP contribution in [0.15, 0.2) is 29.3 Å². The van der Waals surface area contributed by atoms with Crippen LogP contribution in [0.25, 0.3) is 0 Å². The number of benzene rings is 1. The number of fused-ring (bicyclic) bond motifs is 3. The zero-order chi connectivity index (χ0) is 17.0. The first-order chi connectivity index (χ1) is 10.7. The van der Waals surface area contributed by atoms with E-state index in [1.807, 2.05) is 13.8 Å². The van der Waals surface area contributed by atoms with Gasteiger partial charge < -0.3 is 14.9 Å². The van der Waals surface area contributed by atoms with Gasteiger partial charge in [0.25, 0.3) is 0 Å². The maximum atomic E-state index is 12.7. The fraction of sp³-hybridized carbons (Fsp3) is 0.471. The highest BCUT2D eigenvalue weighted by molar-refractivity contribution is 6.18. The number of aliphatic imine (C=N–C) groups is 1. The van der Waals surface area contributed by atoms with Crippen molar-refractivity contribution in [2.45, 2.75) is 32.1 Å². The fourth-order valence-corrected chi connectivity index (χ4v) is 3.33. The van der Waals surface area contributed by atoms with Crippen LogP contribution in [0.5, 0.6) is 0 Å². The molecule has 1 aromatic rings. The molecule has 23 heavy (non-hydrogen) atoms. The van der Waals surface area contributed by atoms with Crippen LogP contribution in [-0.4, -0.2) is 39.9 Å². The molecule has 3 unspecified atom stereocenters. The van der Waals surface area contributed by atoms with Crippen molar-refractivity contribution in [2.24, 2.45) is 16.8 Å². The van der Waals surface area contributed by atoms with Crippen molar-refractivity contribution in [1.82, 2.24) is 0 Å². The number of hydrogen-bond donors (Lipinski definition) is 2. The molecule has 1 aliphatic carbocycles. The predicted molar refractivity (Wildman–Crippen MR) is 82.0 cm³/mol. The molecule has 0 fully saturated rings.